The number of carboxylic acid groups (broad SMARTS) is 1. The van der Waals surface area contributed by atoms with E-state index in [9.17, 15) is 4.79 Å². The van der Waals surface area contributed by atoms with Crippen molar-refractivity contribution in [1.29, 1.82) is 0 Å². The molecule has 0 bridgehead atoms. The second-order valence-corrected chi connectivity index (χ2v) is 5.75. The standard InChI is InChI=1S/C14H15ClN2O2S/c1-9(10-2-4-11(15)5-3-10)16-14-17-12(8-20-14)6-7-13(18)19/h2-5,8-9H,6-7H2,1H3,(H,16,17)(H,18,19). The number of benzene rings is 1. The van der Waals surface area contributed by atoms with E-state index in [0.717, 1.165) is 16.4 Å². The van der Waals surface area contributed by atoms with Crippen LogP contribution in [0.3, 0.4) is 0 Å². The van der Waals surface area contributed by atoms with Crippen LogP contribution in [0, 0.1) is 0 Å². The molecule has 1 heterocycles. The Kier molecular flexibility index (Phi) is 4.98. The Bertz CT molecular complexity index is 583. The molecule has 1 aromatic carbocycles. The van der Waals surface area contributed by atoms with Gasteiger partial charge >= 0.3 is 5.97 Å². The second kappa shape index (κ2) is 6.72. The van der Waals surface area contributed by atoms with Crippen LogP contribution in [0.15, 0.2) is 29.6 Å². The van der Waals surface area contributed by atoms with Crippen LogP contribution in [0.1, 0.15) is 30.6 Å². The first-order valence-electron chi connectivity index (χ1n) is 6.23. The molecule has 106 valence electrons. The second-order valence-electron chi connectivity index (χ2n) is 4.46. The highest BCUT2D eigenvalue weighted by atomic mass is 35.5. The van der Waals surface area contributed by atoms with Gasteiger partial charge in [-0.2, -0.15) is 0 Å². The molecule has 0 spiro atoms. The van der Waals surface area contributed by atoms with Gasteiger partial charge in [0, 0.05) is 16.8 Å². The minimum atomic E-state index is -0.804. The molecule has 1 aromatic heterocycles. The molecule has 0 fully saturated rings. The Balaban J connectivity index is 1.95. The van der Waals surface area contributed by atoms with Gasteiger partial charge in [-0.3, -0.25) is 4.79 Å². The zero-order valence-electron chi connectivity index (χ0n) is 11.0. The van der Waals surface area contributed by atoms with E-state index in [1.807, 2.05) is 36.6 Å². The molecule has 1 unspecified atom stereocenters. The third kappa shape index (κ3) is 4.21. The fraction of sp³-hybridized carbons (Fsp3) is 0.286. The molecular formula is C14H15ClN2O2S. The lowest BCUT2D eigenvalue weighted by Gasteiger charge is -2.13. The summed E-state index contributed by atoms with van der Waals surface area (Å²) in [7, 11) is 0. The van der Waals surface area contributed by atoms with Gasteiger partial charge < -0.3 is 10.4 Å². The number of nitrogens with one attached hydrogen (secondary N) is 1. The first kappa shape index (κ1) is 14.8. The molecule has 0 saturated carbocycles. The fourth-order valence-electron chi connectivity index (χ4n) is 1.74. The highest BCUT2D eigenvalue weighted by Gasteiger charge is 2.09. The lowest BCUT2D eigenvalue weighted by molar-refractivity contribution is -0.136. The molecule has 0 aliphatic heterocycles. The molecule has 0 aliphatic carbocycles. The normalized spacial score (nSPS) is 12.1. The number of nitrogens with zero attached hydrogens (tertiary/aromatic N) is 1. The van der Waals surface area contributed by atoms with Gasteiger partial charge in [0.05, 0.1) is 18.2 Å². The number of carbonyl (C=O) groups is 1. The van der Waals surface area contributed by atoms with E-state index < -0.39 is 5.97 Å². The van der Waals surface area contributed by atoms with Crippen molar-refractivity contribution in [3.63, 3.8) is 0 Å². The number of thiazole rings is 1. The van der Waals surface area contributed by atoms with Crippen LogP contribution < -0.4 is 5.32 Å². The molecule has 20 heavy (non-hydrogen) atoms. The summed E-state index contributed by atoms with van der Waals surface area (Å²) in [5.41, 5.74) is 1.93. The summed E-state index contributed by atoms with van der Waals surface area (Å²) in [6, 6.07) is 7.77. The largest absolute Gasteiger partial charge is 0.481 e. The van der Waals surface area contributed by atoms with Crippen LogP contribution >= 0.6 is 22.9 Å². The Morgan fingerprint density at radius 2 is 2.15 bits per heavy atom. The first-order chi connectivity index (χ1) is 9.54. The summed E-state index contributed by atoms with van der Waals surface area (Å²) in [5.74, 6) is -0.804. The summed E-state index contributed by atoms with van der Waals surface area (Å²) in [5, 5.41) is 15.4. The van der Waals surface area contributed by atoms with E-state index in [2.05, 4.69) is 10.3 Å². The molecule has 2 N–H and O–H groups in total. The molecule has 0 aliphatic rings. The zero-order valence-corrected chi connectivity index (χ0v) is 12.5. The number of rotatable bonds is 6. The molecular weight excluding hydrogens is 296 g/mol. The van der Waals surface area contributed by atoms with Crippen LogP contribution in [0.5, 0.6) is 0 Å². The van der Waals surface area contributed by atoms with Gasteiger partial charge in [-0.05, 0) is 24.6 Å². The Labute approximate surface area is 126 Å². The maximum Gasteiger partial charge on any atom is 0.303 e. The van der Waals surface area contributed by atoms with E-state index in [1.54, 1.807) is 0 Å². The average Bonchev–Trinajstić information content (AvgIpc) is 2.84. The lowest BCUT2D eigenvalue weighted by atomic mass is 10.1. The molecule has 2 aromatic rings. The number of aromatic nitrogens is 1. The quantitative estimate of drug-likeness (QED) is 0.847. The van der Waals surface area contributed by atoms with Crippen LogP contribution in [0.2, 0.25) is 5.02 Å². The zero-order chi connectivity index (χ0) is 14.5. The molecule has 2 rings (SSSR count). The van der Waals surface area contributed by atoms with Crippen LogP contribution in [0.25, 0.3) is 0 Å². The van der Waals surface area contributed by atoms with Crippen molar-refractivity contribution in [3.05, 3.63) is 45.9 Å². The van der Waals surface area contributed by atoms with Crippen molar-refractivity contribution in [2.45, 2.75) is 25.8 Å². The number of hydrogen-bond donors (Lipinski definition) is 2. The summed E-state index contributed by atoms with van der Waals surface area (Å²) >= 11 is 7.35. The Morgan fingerprint density at radius 1 is 1.45 bits per heavy atom. The number of aliphatic carboxylic acids is 1. The van der Waals surface area contributed by atoms with Crippen molar-refractivity contribution in [1.82, 2.24) is 4.98 Å². The van der Waals surface area contributed by atoms with Crippen molar-refractivity contribution >= 4 is 34.0 Å². The van der Waals surface area contributed by atoms with E-state index in [1.165, 1.54) is 11.3 Å². The van der Waals surface area contributed by atoms with Gasteiger partial charge in [0.15, 0.2) is 5.13 Å². The summed E-state index contributed by atoms with van der Waals surface area (Å²) < 4.78 is 0. The van der Waals surface area contributed by atoms with Gasteiger partial charge in [0.2, 0.25) is 0 Å². The van der Waals surface area contributed by atoms with E-state index in [-0.39, 0.29) is 12.5 Å². The van der Waals surface area contributed by atoms with Crippen molar-refractivity contribution in [2.24, 2.45) is 0 Å². The van der Waals surface area contributed by atoms with Crippen molar-refractivity contribution in [2.75, 3.05) is 5.32 Å². The number of aryl methyl sites for hydroxylation is 1. The SMILES string of the molecule is CC(Nc1nc(CCC(=O)O)cs1)c1ccc(Cl)cc1. The van der Waals surface area contributed by atoms with Gasteiger partial charge in [-0.15, -0.1) is 11.3 Å². The van der Waals surface area contributed by atoms with Crippen molar-refractivity contribution < 1.29 is 9.90 Å². The number of anilines is 1. The topological polar surface area (TPSA) is 62.2 Å². The molecule has 6 heteroatoms. The highest BCUT2D eigenvalue weighted by Crippen LogP contribution is 2.23. The predicted molar refractivity (Wildman–Crippen MR) is 81.6 cm³/mol. The monoisotopic (exact) mass is 310 g/mol. The predicted octanol–water partition coefficient (Wildman–Crippen LogP) is 3.99. The maximum atomic E-state index is 10.5. The highest BCUT2D eigenvalue weighted by molar-refractivity contribution is 7.13. The van der Waals surface area contributed by atoms with E-state index in [0.29, 0.717) is 11.4 Å². The molecule has 1 atom stereocenters. The first-order valence-corrected chi connectivity index (χ1v) is 7.48. The van der Waals surface area contributed by atoms with Crippen molar-refractivity contribution in [3.8, 4) is 0 Å². The molecule has 0 amide bonds. The fourth-order valence-corrected chi connectivity index (χ4v) is 2.70. The summed E-state index contributed by atoms with van der Waals surface area (Å²) in [6.45, 7) is 2.04. The average molecular weight is 311 g/mol. The van der Waals surface area contributed by atoms with E-state index in [4.69, 9.17) is 16.7 Å². The number of hydrogen-bond acceptors (Lipinski definition) is 4. The Hall–Kier alpha value is -1.59. The molecule has 0 saturated heterocycles. The number of halogens is 1. The molecule has 0 radical (unpaired) electrons. The van der Waals surface area contributed by atoms with Crippen LogP contribution in [-0.2, 0) is 11.2 Å². The summed E-state index contributed by atoms with van der Waals surface area (Å²) in [6.07, 6.45) is 0.568. The third-order valence-corrected chi connectivity index (χ3v) is 3.93. The van der Waals surface area contributed by atoms with Gasteiger partial charge in [0.1, 0.15) is 0 Å². The van der Waals surface area contributed by atoms with Crippen LogP contribution in [0.4, 0.5) is 5.13 Å². The van der Waals surface area contributed by atoms with Gasteiger partial charge in [-0.25, -0.2) is 4.98 Å². The van der Waals surface area contributed by atoms with Gasteiger partial charge in [0.25, 0.3) is 0 Å². The lowest BCUT2D eigenvalue weighted by Crippen LogP contribution is -2.06. The Morgan fingerprint density at radius 3 is 2.80 bits per heavy atom. The molecule has 4 nitrogen and oxygen atoms in total. The minimum absolute atomic E-state index is 0.107. The smallest absolute Gasteiger partial charge is 0.303 e. The third-order valence-electron chi connectivity index (χ3n) is 2.86. The van der Waals surface area contributed by atoms with Crippen LogP contribution in [-0.4, -0.2) is 16.1 Å². The minimum Gasteiger partial charge on any atom is -0.481 e. The van der Waals surface area contributed by atoms with Gasteiger partial charge in [-0.1, -0.05) is 23.7 Å². The number of carboxylic acids is 1. The van der Waals surface area contributed by atoms with E-state index >= 15 is 0 Å². The summed E-state index contributed by atoms with van der Waals surface area (Å²) in [4.78, 5) is 14.9. The maximum absolute atomic E-state index is 10.5.